The van der Waals surface area contributed by atoms with E-state index < -0.39 is 10.0 Å². The van der Waals surface area contributed by atoms with Crippen molar-refractivity contribution in [1.82, 2.24) is 5.32 Å². The van der Waals surface area contributed by atoms with Gasteiger partial charge in [0.2, 0.25) is 10.0 Å². The number of hydrogen-bond acceptors (Lipinski definition) is 5. The van der Waals surface area contributed by atoms with E-state index in [9.17, 15) is 13.2 Å². The Labute approximate surface area is 201 Å². The molecule has 0 aromatic heterocycles. The first-order valence-electron chi connectivity index (χ1n) is 10.9. The van der Waals surface area contributed by atoms with Gasteiger partial charge >= 0.3 is 0 Å². The highest BCUT2D eigenvalue weighted by Crippen LogP contribution is 2.25. The molecule has 0 aliphatic heterocycles. The zero-order valence-electron chi connectivity index (χ0n) is 19.9. The number of sulfonamides is 1. The summed E-state index contributed by atoms with van der Waals surface area (Å²) >= 11 is 0. The summed E-state index contributed by atoms with van der Waals surface area (Å²) in [5.41, 5.74) is 4.10. The zero-order chi connectivity index (χ0) is 24.7. The number of rotatable bonds is 10. The molecule has 0 bridgehead atoms. The van der Waals surface area contributed by atoms with E-state index in [0.717, 1.165) is 23.1 Å². The second-order valence-corrected chi connectivity index (χ2v) is 9.93. The van der Waals surface area contributed by atoms with Gasteiger partial charge in [0.1, 0.15) is 18.1 Å². The van der Waals surface area contributed by atoms with Crippen LogP contribution in [0.4, 0.5) is 5.69 Å². The van der Waals surface area contributed by atoms with Gasteiger partial charge in [-0.15, -0.1) is 0 Å². The van der Waals surface area contributed by atoms with Gasteiger partial charge in [0.25, 0.3) is 5.91 Å². The van der Waals surface area contributed by atoms with Crippen LogP contribution >= 0.6 is 0 Å². The number of nitrogens with one attached hydrogen (secondary N) is 1. The number of carbonyl (C=O) groups is 1. The second-order valence-electron chi connectivity index (χ2n) is 8.02. The van der Waals surface area contributed by atoms with Crippen LogP contribution in [0.25, 0.3) is 0 Å². The Morgan fingerprint density at radius 2 is 1.68 bits per heavy atom. The number of ether oxygens (including phenoxy) is 2. The van der Waals surface area contributed by atoms with Crippen molar-refractivity contribution in [3.63, 3.8) is 0 Å². The molecule has 0 fully saturated rings. The second kappa shape index (κ2) is 11.1. The van der Waals surface area contributed by atoms with E-state index in [1.807, 2.05) is 32.0 Å². The molecule has 1 N–H and O–H groups in total. The van der Waals surface area contributed by atoms with Crippen molar-refractivity contribution in [2.75, 3.05) is 30.8 Å². The molecule has 3 rings (SSSR count). The largest absolute Gasteiger partial charge is 0.497 e. The summed E-state index contributed by atoms with van der Waals surface area (Å²) in [7, 11) is -2.00. The Bertz CT molecular complexity index is 1240. The Morgan fingerprint density at radius 3 is 2.32 bits per heavy atom. The topological polar surface area (TPSA) is 84.9 Å². The number of methoxy groups -OCH3 is 1. The summed E-state index contributed by atoms with van der Waals surface area (Å²) in [6, 6.07) is 19.6. The molecule has 3 aromatic rings. The third kappa shape index (κ3) is 6.74. The van der Waals surface area contributed by atoms with Crippen LogP contribution in [0.3, 0.4) is 0 Å². The van der Waals surface area contributed by atoms with E-state index in [-0.39, 0.29) is 12.5 Å². The van der Waals surface area contributed by atoms with Crippen LogP contribution in [0, 0.1) is 13.8 Å². The molecule has 3 aromatic carbocycles. The van der Waals surface area contributed by atoms with E-state index in [4.69, 9.17) is 9.47 Å². The van der Waals surface area contributed by atoms with Crippen molar-refractivity contribution >= 4 is 21.6 Å². The van der Waals surface area contributed by atoms with Crippen molar-refractivity contribution in [3.05, 3.63) is 89.0 Å². The molecule has 0 saturated heterocycles. The fraction of sp³-hybridized carbons (Fsp3) is 0.269. The van der Waals surface area contributed by atoms with E-state index in [0.29, 0.717) is 30.2 Å². The third-order valence-electron chi connectivity index (χ3n) is 5.42. The first-order valence-corrected chi connectivity index (χ1v) is 12.7. The normalized spacial score (nSPS) is 11.1. The predicted molar refractivity (Wildman–Crippen MR) is 134 cm³/mol. The number of carbonyl (C=O) groups excluding carboxylic acids is 1. The van der Waals surface area contributed by atoms with Crippen LogP contribution in [-0.4, -0.2) is 40.8 Å². The summed E-state index contributed by atoms with van der Waals surface area (Å²) in [5.74, 6) is 1.12. The summed E-state index contributed by atoms with van der Waals surface area (Å²) in [4.78, 5) is 12.5. The molecule has 0 radical (unpaired) electrons. The standard InChI is InChI=1S/C26H30N2O5S/c1-19-8-13-25(16-20(19)2)33-15-14-27-26(29)22-11-9-21(10-12-22)18-28(34(4,30)31)23-6-5-7-24(17-23)32-3/h5-13,16-17H,14-15,18H2,1-4H3,(H,27,29). The van der Waals surface area contributed by atoms with E-state index in [2.05, 4.69) is 5.32 Å². The lowest BCUT2D eigenvalue weighted by molar-refractivity contribution is 0.0947. The highest BCUT2D eigenvalue weighted by molar-refractivity contribution is 7.92. The van der Waals surface area contributed by atoms with Gasteiger partial charge in [0, 0.05) is 11.6 Å². The lowest BCUT2D eigenvalue weighted by Crippen LogP contribution is -2.29. The van der Waals surface area contributed by atoms with Crippen LogP contribution in [0.5, 0.6) is 11.5 Å². The average Bonchev–Trinajstić information content (AvgIpc) is 2.82. The third-order valence-corrected chi connectivity index (χ3v) is 6.56. The molecule has 0 saturated carbocycles. The lowest BCUT2D eigenvalue weighted by Gasteiger charge is -2.23. The van der Waals surface area contributed by atoms with Gasteiger partial charge in [-0.1, -0.05) is 24.3 Å². The first-order chi connectivity index (χ1) is 16.2. The highest BCUT2D eigenvalue weighted by atomic mass is 32.2. The fourth-order valence-electron chi connectivity index (χ4n) is 3.33. The van der Waals surface area contributed by atoms with E-state index in [1.54, 1.807) is 48.5 Å². The molecule has 0 heterocycles. The van der Waals surface area contributed by atoms with Crippen molar-refractivity contribution in [3.8, 4) is 11.5 Å². The van der Waals surface area contributed by atoms with Gasteiger partial charge in [-0.2, -0.15) is 0 Å². The van der Waals surface area contributed by atoms with Gasteiger partial charge in [-0.05, 0) is 66.9 Å². The quantitative estimate of drug-likeness (QED) is 0.440. The minimum absolute atomic E-state index is 0.137. The van der Waals surface area contributed by atoms with Crippen LogP contribution in [0.2, 0.25) is 0 Å². The molecule has 0 aliphatic carbocycles. The van der Waals surface area contributed by atoms with E-state index in [1.165, 1.54) is 17.0 Å². The minimum Gasteiger partial charge on any atom is -0.497 e. The lowest BCUT2D eigenvalue weighted by atomic mass is 10.1. The van der Waals surface area contributed by atoms with Crippen LogP contribution in [-0.2, 0) is 16.6 Å². The number of amides is 1. The minimum atomic E-state index is -3.53. The van der Waals surface area contributed by atoms with Crippen molar-refractivity contribution in [2.24, 2.45) is 0 Å². The van der Waals surface area contributed by atoms with Gasteiger partial charge in [0.15, 0.2) is 0 Å². The number of benzene rings is 3. The summed E-state index contributed by atoms with van der Waals surface area (Å²) in [6.45, 7) is 4.93. The Balaban J connectivity index is 1.58. The SMILES string of the molecule is COc1cccc(N(Cc2ccc(C(=O)NCCOc3ccc(C)c(C)c3)cc2)S(C)(=O)=O)c1. The maximum Gasteiger partial charge on any atom is 0.251 e. The van der Waals surface area contributed by atoms with Crippen LogP contribution in [0.15, 0.2) is 66.7 Å². The number of aryl methyl sites for hydroxylation is 2. The van der Waals surface area contributed by atoms with Crippen LogP contribution < -0.4 is 19.1 Å². The van der Waals surface area contributed by atoms with Crippen molar-refractivity contribution < 1.29 is 22.7 Å². The molecule has 1 amide bonds. The molecule has 34 heavy (non-hydrogen) atoms. The van der Waals surface area contributed by atoms with Crippen LogP contribution in [0.1, 0.15) is 27.0 Å². The molecule has 0 unspecified atom stereocenters. The molecule has 8 heteroatoms. The van der Waals surface area contributed by atoms with Gasteiger partial charge in [-0.3, -0.25) is 9.10 Å². The Morgan fingerprint density at radius 1 is 0.941 bits per heavy atom. The number of hydrogen-bond donors (Lipinski definition) is 1. The fourth-order valence-corrected chi connectivity index (χ4v) is 4.21. The van der Waals surface area contributed by atoms with Gasteiger partial charge < -0.3 is 14.8 Å². The van der Waals surface area contributed by atoms with Crippen molar-refractivity contribution in [2.45, 2.75) is 20.4 Å². The molecule has 7 nitrogen and oxygen atoms in total. The van der Waals surface area contributed by atoms with E-state index >= 15 is 0 Å². The summed E-state index contributed by atoms with van der Waals surface area (Å²) in [6.07, 6.45) is 1.16. The molecular weight excluding hydrogens is 452 g/mol. The number of nitrogens with zero attached hydrogens (tertiary/aromatic N) is 1. The smallest absolute Gasteiger partial charge is 0.251 e. The molecule has 180 valence electrons. The number of anilines is 1. The Hall–Kier alpha value is -3.52. The van der Waals surface area contributed by atoms with Gasteiger partial charge in [0.05, 0.1) is 32.1 Å². The summed E-state index contributed by atoms with van der Waals surface area (Å²) in [5, 5.41) is 2.83. The molecule has 0 spiro atoms. The Kier molecular flexibility index (Phi) is 8.17. The molecular formula is C26H30N2O5S. The highest BCUT2D eigenvalue weighted by Gasteiger charge is 2.18. The van der Waals surface area contributed by atoms with Gasteiger partial charge in [-0.25, -0.2) is 8.42 Å². The molecule has 0 atom stereocenters. The summed E-state index contributed by atoms with van der Waals surface area (Å²) < 4.78 is 37.0. The predicted octanol–water partition coefficient (Wildman–Crippen LogP) is 4.09. The average molecular weight is 483 g/mol. The maximum absolute atomic E-state index is 12.5. The van der Waals surface area contributed by atoms with Crippen molar-refractivity contribution in [1.29, 1.82) is 0 Å². The zero-order valence-corrected chi connectivity index (χ0v) is 20.7. The molecule has 0 aliphatic rings. The first kappa shape index (κ1) is 25.1. The monoisotopic (exact) mass is 482 g/mol. The maximum atomic E-state index is 12.5.